The average molecular weight is 195 g/mol. The lowest BCUT2D eigenvalue weighted by atomic mass is 10.3. The Hall–Kier alpha value is -1.28. The molecule has 1 aromatic heterocycles. The molecule has 0 saturated heterocycles. The number of rotatable bonds is 1. The van der Waals surface area contributed by atoms with Crippen molar-refractivity contribution in [1.82, 2.24) is 9.55 Å². The third kappa shape index (κ3) is 1.58. The van der Waals surface area contributed by atoms with Crippen LogP contribution in [0.15, 0.2) is 9.82 Å². The quantitative estimate of drug-likeness (QED) is 0.488. The van der Waals surface area contributed by atoms with Gasteiger partial charge in [0.1, 0.15) is 22.5 Å². The second-order valence-electron chi connectivity index (χ2n) is 2.52. The number of nitrogens with zero attached hydrogens (tertiary/aromatic N) is 3. The van der Waals surface area contributed by atoms with Crippen LogP contribution in [0.4, 0.5) is 0 Å². The first-order chi connectivity index (χ1) is 6.11. The molecule has 0 atom stereocenters. The van der Waals surface area contributed by atoms with Crippen LogP contribution in [0.3, 0.4) is 0 Å². The minimum Gasteiger partial charge on any atom is -0.299 e. The van der Waals surface area contributed by atoms with E-state index >= 15 is 0 Å². The zero-order valence-electron chi connectivity index (χ0n) is 7.66. The molecule has 0 radical (unpaired) electrons. The zero-order chi connectivity index (χ0) is 10.0. The molecule has 0 aliphatic heterocycles. The van der Waals surface area contributed by atoms with Crippen molar-refractivity contribution < 1.29 is 0 Å². The van der Waals surface area contributed by atoms with Gasteiger partial charge in [-0.25, -0.2) is 4.98 Å². The normalized spacial score (nSPS) is 9.69. The van der Waals surface area contributed by atoms with E-state index in [4.69, 9.17) is 5.26 Å². The fourth-order valence-electron chi connectivity index (χ4n) is 0.927. The summed E-state index contributed by atoms with van der Waals surface area (Å²) in [6.45, 7) is 1.74. The Bertz CT molecular complexity index is 430. The van der Waals surface area contributed by atoms with Gasteiger partial charge in [-0.1, -0.05) is 0 Å². The predicted octanol–water partition coefficient (Wildman–Crippen LogP) is 0.682. The van der Waals surface area contributed by atoms with Crippen LogP contribution in [-0.4, -0.2) is 15.8 Å². The third-order valence-electron chi connectivity index (χ3n) is 1.79. The highest BCUT2D eigenvalue weighted by Crippen LogP contribution is 2.13. The molecule has 0 aliphatic carbocycles. The van der Waals surface area contributed by atoms with Crippen molar-refractivity contribution in [3.63, 3.8) is 0 Å². The molecule has 1 heterocycles. The maximum atomic E-state index is 11.5. The first kappa shape index (κ1) is 9.81. The lowest BCUT2D eigenvalue weighted by Gasteiger charge is -2.05. The smallest absolute Gasteiger partial charge is 0.272 e. The van der Waals surface area contributed by atoms with Crippen LogP contribution in [0.5, 0.6) is 0 Å². The molecule has 4 nitrogen and oxygen atoms in total. The summed E-state index contributed by atoms with van der Waals surface area (Å²) in [6, 6.07) is 1.87. The highest BCUT2D eigenvalue weighted by molar-refractivity contribution is 7.98. The summed E-state index contributed by atoms with van der Waals surface area (Å²) in [5.41, 5.74) is -0.153. The monoisotopic (exact) mass is 195 g/mol. The Morgan fingerprint density at radius 3 is 2.69 bits per heavy atom. The summed E-state index contributed by atoms with van der Waals surface area (Å²) in [5.74, 6) is 0.619. The Balaban J connectivity index is 3.61. The standard InChI is InChI=1S/C8H9N3OS/c1-5-10-7(13-3)6(4-9)8(12)11(5)2/h1-3H3. The van der Waals surface area contributed by atoms with E-state index in [-0.39, 0.29) is 11.1 Å². The number of aromatic nitrogens is 2. The van der Waals surface area contributed by atoms with Gasteiger partial charge in [-0.3, -0.25) is 9.36 Å². The molecule has 5 heteroatoms. The van der Waals surface area contributed by atoms with Gasteiger partial charge in [0.25, 0.3) is 5.56 Å². The maximum Gasteiger partial charge on any atom is 0.272 e. The van der Waals surface area contributed by atoms with Gasteiger partial charge in [-0.05, 0) is 13.2 Å². The van der Waals surface area contributed by atoms with E-state index < -0.39 is 0 Å². The van der Waals surface area contributed by atoms with E-state index in [0.29, 0.717) is 10.9 Å². The Kier molecular flexibility index (Phi) is 2.73. The van der Waals surface area contributed by atoms with Gasteiger partial charge >= 0.3 is 0 Å². The van der Waals surface area contributed by atoms with E-state index in [1.807, 2.05) is 6.07 Å². The average Bonchev–Trinajstić information content (AvgIpc) is 2.13. The number of aryl methyl sites for hydroxylation is 1. The number of hydrogen-bond acceptors (Lipinski definition) is 4. The summed E-state index contributed by atoms with van der Waals surface area (Å²) >= 11 is 1.31. The molecule has 0 bridgehead atoms. The van der Waals surface area contributed by atoms with Crippen molar-refractivity contribution in [2.45, 2.75) is 11.9 Å². The van der Waals surface area contributed by atoms with Gasteiger partial charge in [0.2, 0.25) is 0 Å². The Morgan fingerprint density at radius 2 is 2.23 bits per heavy atom. The van der Waals surface area contributed by atoms with E-state index in [9.17, 15) is 4.79 Å². The number of thioether (sulfide) groups is 1. The van der Waals surface area contributed by atoms with Crippen LogP contribution in [0.1, 0.15) is 11.4 Å². The second-order valence-corrected chi connectivity index (χ2v) is 3.31. The highest BCUT2D eigenvalue weighted by Gasteiger charge is 2.10. The van der Waals surface area contributed by atoms with Gasteiger partial charge in [0.05, 0.1) is 0 Å². The Labute approximate surface area is 80.2 Å². The molecule has 68 valence electrons. The fraction of sp³-hybridized carbons (Fsp3) is 0.375. The van der Waals surface area contributed by atoms with Gasteiger partial charge in [0.15, 0.2) is 0 Å². The Morgan fingerprint density at radius 1 is 1.62 bits per heavy atom. The molecule has 0 amide bonds. The lowest BCUT2D eigenvalue weighted by Crippen LogP contribution is -2.24. The largest absolute Gasteiger partial charge is 0.299 e. The van der Waals surface area contributed by atoms with Crippen molar-refractivity contribution >= 4 is 11.8 Å². The van der Waals surface area contributed by atoms with Crippen LogP contribution < -0.4 is 5.56 Å². The first-order valence-corrected chi connectivity index (χ1v) is 4.86. The van der Waals surface area contributed by atoms with Gasteiger partial charge in [-0.2, -0.15) is 5.26 Å². The molecule has 0 fully saturated rings. The van der Waals surface area contributed by atoms with E-state index in [1.54, 1.807) is 20.2 Å². The van der Waals surface area contributed by atoms with Crippen LogP contribution in [-0.2, 0) is 7.05 Å². The molecule has 1 aromatic rings. The van der Waals surface area contributed by atoms with Crippen LogP contribution in [0.25, 0.3) is 0 Å². The van der Waals surface area contributed by atoms with E-state index in [0.717, 1.165) is 0 Å². The van der Waals surface area contributed by atoms with Crippen LogP contribution in [0.2, 0.25) is 0 Å². The molecule has 13 heavy (non-hydrogen) atoms. The van der Waals surface area contributed by atoms with Crippen molar-refractivity contribution in [2.24, 2.45) is 7.05 Å². The van der Waals surface area contributed by atoms with Crippen molar-refractivity contribution in [3.8, 4) is 6.07 Å². The first-order valence-electron chi connectivity index (χ1n) is 3.63. The summed E-state index contributed by atoms with van der Waals surface area (Å²) in [7, 11) is 1.61. The number of hydrogen-bond donors (Lipinski definition) is 0. The fourth-order valence-corrected chi connectivity index (χ4v) is 1.49. The molecule has 0 spiro atoms. The van der Waals surface area contributed by atoms with E-state index in [1.165, 1.54) is 16.3 Å². The molecule has 0 aliphatic rings. The van der Waals surface area contributed by atoms with Crippen molar-refractivity contribution in [2.75, 3.05) is 6.26 Å². The summed E-state index contributed by atoms with van der Waals surface area (Å²) in [6.07, 6.45) is 1.79. The topological polar surface area (TPSA) is 58.7 Å². The molecular formula is C8H9N3OS. The van der Waals surface area contributed by atoms with Crippen molar-refractivity contribution in [3.05, 3.63) is 21.7 Å². The van der Waals surface area contributed by atoms with Gasteiger partial charge in [0, 0.05) is 7.05 Å². The maximum absolute atomic E-state index is 11.5. The molecular weight excluding hydrogens is 186 g/mol. The van der Waals surface area contributed by atoms with E-state index in [2.05, 4.69) is 4.98 Å². The molecule has 0 unspecified atom stereocenters. The molecule has 0 aromatic carbocycles. The minimum atomic E-state index is -0.278. The third-order valence-corrected chi connectivity index (χ3v) is 2.47. The molecule has 0 saturated carbocycles. The summed E-state index contributed by atoms with van der Waals surface area (Å²) in [4.78, 5) is 15.6. The summed E-state index contributed by atoms with van der Waals surface area (Å²) < 4.78 is 1.37. The van der Waals surface area contributed by atoms with Gasteiger partial charge in [-0.15, -0.1) is 11.8 Å². The zero-order valence-corrected chi connectivity index (χ0v) is 8.47. The van der Waals surface area contributed by atoms with Crippen LogP contribution in [0, 0.1) is 18.3 Å². The SMILES string of the molecule is CSc1nc(C)n(C)c(=O)c1C#N. The number of nitriles is 1. The highest BCUT2D eigenvalue weighted by atomic mass is 32.2. The lowest BCUT2D eigenvalue weighted by molar-refractivity contribution is 0.743. The minimum absolute atomic E-state index is 0.126. The molecule has 1 rings (SSSR count). The second kappa shape index (κ2) is 3.62. The predicted molar refractivity (Wildman–Crippen MR) is 50.7 cm³/mol. The van der Waals surface area contributed by atoms with Crippen molar-refractivity contribution in [1.29, 1.82) is 5.26 Å². The van der Waals surface area contributed by atoms with Crippen LogP contribution >= 0.6 is 11.8 Å². The van der Waals surface area contributed by atoms with Gasteiger partial charge < -0.3 is 0 Å². The molecule has 0 N–H and O–H groups in total. The summed E-state index contributed by atoms with van der Waals surface area (Å²) in [5, 5.41) is 9.23.